The van der Waals surface area contributed by atoms with Crippen LogP contribution in [0.4, 0.5) is 5.69 Å². The van der Waals surface area contributed by atoms with Crippen LogP contribution in [-0.2, 0) is 13.0 Å². The number of amides is 1. The number of aromatic amines is 1. The number of aromatic nitrogens is 4. The quantitative estimate of drug-likeness (QED) is 0.561. The van der Waals surface area contributed by atoms with Gasteiger partial charge in [-0.2, -0.15) is 5.10 Å². The normalized spacial score (nSPS) is 12.9. The van der Waals surface area contributed by atoms with Gasteiger partial charge in [0, 0.05) is 18.7 Å². The van der Waals surface area contributed by atoms with E-state index in [0.717, 1.165) is 52.7 Å². The first kappa shape index (κ1) is 16.0. The predicted molar refractivity (Wildman–Crippen MR) is 106 cm³/mol. The monoisotopic (exact) mass is 375 g/mol. The van der Waals surface area contributed by atoms with E-state index in [0.29, 0.717) is 5.69 Å². The van der Waals surface area contributed by atoms with E-state index in [1.165, 1.54) is 0 Å². The van der Waals surface area contributed by atoms with Crippen molar-refractivity contribution in [3.05, 3.63) is 65.6 Å². The number of imidazole rings is 1. The third-order valence-electron chi connectivity index (χ3n) is 4.76. The number of hydrogen-bond donors (Lipinski definition) is 2. The molecule has 1 amide bonds. The Bertz CT molecular complexity index is 1090. The molecular formula is C20H17N5OS. The summed E-state index contributed by atoms with van der Waals surface area (Å²) >= 11 is 1.60. The molecule has 6 nitrogen and oxygen atoms in total. The number of aryl methyl sites for hydroxylation is 1. The van der Waals surface area contributed by atoms with E-state index in [1.54, 1.807) is 17.4 Å². The summed E-state index contributed by atoms with van der Waals surface area (Å²) in [6.45, 7) is 1.02. The summed E-state index contributed by atoms with van der Waals surface area (Å²) < 4.78 is 2.27. The van der Waals surface area contributed by atoms with E-state index in [2.05, 4.69) is 25.1 Å². The van der Waals surface area contributed by atoms with Gasteiger partial charge in [0.1, 0.15) is 5.82 Å². The third-order valence-corrected chi connectivity index (χ3v) is 5.66. The Balaban J connectivity index is 1.32. The average Bonchev–Trinajstić information content (AvgIpc) is 3.46. The highest BCUT2D eigenvalue weighted by atomic mass is 32.1. The number of rotatable bonds is 4. The molecule has 0 spiro atoms. The molecule has 0 aliphatic carbocycles. The number of thiophene rings is 1. The van der Waals surface area contributed by atoms with Crippen LogP contribution in [0.5, 0.6) is 0 Å². The maximum absolute atomic E-state index is 12.5. The Labute approximate surface area is 159 Å². The zero-order valence-electron chi connectivity index (χ0n) is 14.5. The molecule has 4 heterocycles. The van der Waals surface area contributed by atoms with Crippen LogP contribution in [0.2, 0.25) is 0 Å². The molecule has 0 radical (unpaired) electrons. The molecule has 134 valence electrons. The molecule has 2 N–H and O–H groups in total. The van der Waals surface area contributed by atoms with Crippen molar-refractivity contribution in [2.45, 2.75) is 19.4 Å². The van der Waals surface area contributed by atoms with E-state index < -0.39 is 0 Å². The van der Waals surface area contributed by atoms with Crippen LogP contribution in [0.25, 0.3) is 21.8 Å². The smallest absolute Gasteiger partial charge is 0.276 e. The number of anilines is 1. The lowest BCUT2D eigenvalue weighted by atomic mass is 10.1. The van der Waals surface area contributed by atoms with Crippen molar-refractivity contribution in [1.29, 1.82) is 0 Å². The van der Waals surface area contributed by atoms with Gasteiger partial charge in [-0.05, 0) is 41.6 Å². The predicted octanol–water partition coefficient (Wildman–Crippen LogP) is 4.20. The number of carbonyl (C=O) groups excluding carboxylic acids is 1. The molecule has 1 aromatic carbocycles. The molecule has 4 aromatic rings. The Hall–Kier alpha value is -3.19. The highest BCUT2D eigenvalue weighted by Crippen LogP contribution is 2.27. The lowest BCUT2D eigenvalue weighted by Gasteiger charge is -2.07. The lowest BCUT2D eigenvalue weighted by Crippen LogP contribution is -2.12. The van der Waals surface area contributed by atoms with Crippen LogP contribution in [0.15, 0.2) is 54.0 Å². The second-order valence-electron chi connectivity index (χ2n) is 6.49. The summed E-state index contributed by atoms with van der Waals surface area (Å²) in [6.07, 6.45) is 4.13. The molecule has 0 atom stereocenters. The number of fused-ring (bicyclic) bond motifs is 1. The van der Waals surface area contributed by atoms with Crippen molar-refractivity contribution in [3.63, 3.8) is 0 Å². The van der Waals surface area contributed by atoms with E-state index in [9.17, 15) is 4.79 Å². The largest absolute Gasteiger partial charge is 0.328 e. The zero-order chi connectivity index (χ0) is 18.2. The molecule has 5 rings (SSSR count). The summed E-state index contributed by atoms with van der Waals surface area (Å²) in [7, 11) is 0. The fourth-order valence-corrected chi connectivity index (χ4v) is 4.10. The van der Waals surface area contributed by atoms with Gasteiger partial charge in [0.2, 0.25) is 0 Å². The number of hydrogen-bond acceptors (Lipinski definition) is 4. The highest BCUT2D eigenvalue weighted by molar-refractivity contribution is 7.13. The molecule has 7 heteroatoms. The van der Waals surface area contributed by atoms with E-state index in [-0.39, 0.29) is 5.91 Å². The maximum atomic E-state index is 12.5. The first-order valence-electron chi connectivity index (χ1n) is 8.83. The topological polar surface area (TPSA) is 75.6 Å². The number of H-pyrrole nitrogens is 1. The fourth-order valence-electron chi connectivity index (χ4n) is 3.40. The summed E-state index contributed by atoms with van der Waals surface area (Å²) in [5.74, 6) is 0.925. The summed E-state index contributed by atoms with van der Waals surface area (Å²) in [5.41, 5.74) is 4.20. The van der Waals surface area contributed by atoms with Crippen molar-refractivity contribution in [3.8, 4) is 21.8 Å². The van der Waals surface area contributed by atoms with Gasteiger partial charge in [-0.3, -0.25) is 9.89 Å². The molecule has 0 bridgehead atoms. The molecule has 1 aliphatic heterocycles. The molecule has 0 fully saturated rings. The minimum absolute atomic E-state index is 0.230. The summed E-state index contributed by atoms with van der Waals surface area (Å²) in [4.78, 5) is 18.0. The van der Waals surface area contributed by atoms with Crippen molar-refractivity contribution in [2.75, 3.05) is 5.32 Å². The molecule has 3 aromatic heterocycles. The molecule has 27 heavy (non-hydrogen) atoms. The maximum Gasteiger partial charge on any atom is 0.276 e. The minimum atomic E-state index is -0.230. The van der Waals surface area contributed by atoms with Crippen LogP contribution in [0.1, 0.15) is 22.7 Å². The van der Waals surface area contributed by atoms with Gasteiger partial charge in [-0.1, -0.05) is 18.2 Å². The van der Waals surface area contributed by atoms with Gasteiger partial charge in [-0.25, -0.2) is 4.98 Å². The molecule has 1 aliphatic rings. The number of carbonyl (C=O) groups is 1. The van der Waals surface area contributed by atoms with Gasteiger partial charge in [0.15, 0.2) is 5.69 Å². The number of nitrogens with zero attached hydrogens (tertiary/aromatic N) is 3. The van der Waals surface area contributed by atoms with Crippen LogP contribution in [-0.4, -0.2) is 25.7 Å². The Morgan fingerprint density at radius 3 is 2.93 bits per heavy atom. The summed E-state index contributed by atoms with van der Waals surface area (Å²) in [6, 6.07) is 13.6. The van der Waals surface area contributed by atoms with Crippen LogP contribution in [0, 0.1) is 0 Å². The van der Waals surface area contributed by atoms with E-state index >= 15 is 0 Å². The summed E-state index contributed by atoms with van der Waals surface area (Å²) in [5, 5.41) is 11.9. The Morgan fingerprint density at radius 2 is 2.11 bits per heavy atom. The van der Waals surface area contributed by atoms with Crippen LogP contribution < -0.4 is 5.32 Å². The Kier molecular flexibility index (Phi) is 3.86. The molecule has 0 unspecified atom stereocenters. The minimum Gasteiger partial charge on any atom is -0.328 e. The van der Waals surface area contributed by atoms with E-state index in [4.69, 9.17) is 0 Å². The van der Waals surface area contributed by atoms with Gasteiger partial charge < -0.3 is 9.88 Å². The van der Waals surface area contributed by atoms with Gasteiger partial charge in [-0.15, -0.1) is 11.3 Å². The zero-order valence-corrected chi connectivity index (χ0v) is 15.3. The van der Waals surface area contributed by atoms with Gasteiger partial charge in [0.25, 0.3) is 5.91 Å². The SMILES string of the molecule is O=C(Nc1ccc(-c2cnc3n2CCC3)cc1)c1cc(-c2cccs2)[nH]n1. The lowest BCUT2D eigenvalue weighted by molar-refractivity contribution is 0.102. The number of benzene rings is 1. The molecule has 0 saturated carbocycles. The standard InChI is InChI=1S/C20H17N5OS/c26-20(16-11-15(23-24-16)18-3-2-10-27-18)22-14-7-5-13(6-8-14)17-12-21-19-4-1-9-25(17)19/h2-3,5-8,10-12H,1,4,9H2,(H,22,26)(H,23,24). The molecule has 0 saturated heterocycles. The Morgan fingerprint density at radius 1 is 1.22 bits per heavy atom. The van der Waals surface area contributed by atoms with Crippen LogP contribution >= 0.6 is 11.3 Å². The van der Waals surface area contributed by atoms with Crippen molar-refractivity contribution in [2.24, 2.45) is 0 Å². The first-order valence-corrected chi connectivity index (χ1v) is 9.71. The van der Waals surface area contributed by atoms with Crippen molar-refractivity contribution in [1.82, 2.24) is 19.7 Å². The fraction of sp³-hybridized carbons (Fsp3) is 0.150. The first-order chi connectivity index (χ1) is 13.3. The number of nitrogens with one attached hydrogen (secondary N) is 2. The van der Waals surface area contributed by atoms with Gasteiger partial charge >= 0.3 is 0 Å². The van der Waals surface area contributed by atoms with Crippen LogP contribution in [0.3, 0.4) is 0 Å². The highest BCUT2D eigenvalue weighted by Gasteiger charge is 2.17. The van der Waals surface area contributed by atoms with E-state index in [1.807, 2.05) is 48.0 Å². The van der Waals surface area contributed by atoms with Gasteiger partial charge in [0.05, 0.1) is 22.5 Å². The van der Waals surface area contributed by atoms with Crippen molar-refractivity contribution < 1.29 is 4.79 Å². The second kappa shape index (κ2) is 6.51. The third kappa shape index (κ3) is 2.96. The van der Waals surface area contributed by atoms with Crippen molar-refractivity contribution >= 4 is 22.9 Å². The average molecular weight is 375 g/mol. The molecular weight excluding hydrogens is 358 g/mol. The second-order valence-corrected chi connectivity index (χ2v) is 7.44.